The molecule has 0 aliphatic heterocycles. The van der Waals surface area contributed by atoms with E-state index in [0.29, 0.717) is 6.54 Å². The zero-order chi connectivity index (χ0) is 10.8. The highest BCUT2D eigenvalue weighted by molar-refractivity contribution is 5.27. The molecule has 15 heavy (non-hydrogen) atoms. The number of rotatable bonds is 2. The van der Waals surface area contributed by atoms with E-state index in [1.807, 2.05) is 20.0 Å². The molecular weight excluding hydrogens is 190 g/mol. The molecule has 0 amide bonds. The second-order valence-corrected chi connectivity index (χ2v) is 3.37. The first-order valence-corrected chi connectivity index (χ1v) is 4.61. The molecule has 2 aromatic rings. The summed E-state index contributed by atoms with van der Waals surface area (Å²) >= 11 is 0. The Morgan fingerprint density at radius 1 is 1.53 bits per heavy atom. The third-order valence-corrected chi connectivity index (χ3v) is 2.30. The molecule has 0 aromatic carbocycles. The Morgan fingerprint density at radius 3 is 2.87 bits per heavy atom. The lowest BCUT2D eigenvalue weighted by molar-refractivity contribution is 0.391. The highest BCUT2D eigenvalue weighted by Crippen LogP contribution is 2.13. The van der Waals surface area contributed by atoms with Gasteiger partial charge < -0.3 is 4.52 Å². The highest BCUT2D eigenvalue weighted by Gasteiger charge is 2.09. The van der Waals surface area contributed by atoms with Gasteiger partial charge in [0.05, 0.1) is 24.0 Å². The molecule has 0 saturated carbocycles. The van der Waals surface area contributed by atoms with Crippen LogP contribution >= 0.6 is 0 Å². The number of nitrogens with zero attached hydrogens (tertiary/aromatic N) is 3. The SMILES string of the molecule is C#Cc1cnn(Cc2c(C)noc2C)c1. The van der Waals surface area contributed by atoms with Gasteiger partial charge in [0.25, 0.3) is 0 Å². The van der Waals surface area contributed by atoms with Crippen LogP contribution in [0.25, 0.3) is 0 Å². The summed E-state index contributed by atoms with van der Waals surface area (Å²) in [7, 11) is 0. The van der Waals surface area contributed by atoms with Crippen LogP contribution < -0.4 is 0 Å². The van der Waals surface area contributed by atoms with Crippen LogP contribution in [0.5, 0.6) is 0 Å². The summed E-state index contributed by atoms with van der Waals surface area (Å²) in [6.07, 6.45) is 8.75. The van der Waals surface area contributed by atoms with E-state index < -0.39 is 0 Å². The number of aromatic nitrogens is 3. The lowest BCUT2D eigenvalue weighted by Crippen LogP contribution is -2.01. The lowest BCUT2D eigenvalue weighted by atomic mass is 10.2. The average molecular weight is 201 g/mol. The topological polar surface area (TPSA) is 43.9 Å². The van der Waals surface area contributed by atoms with Crippen LogP contribution in [-0.2, 0) is 6.54 Å². The fourth-order valence-electron chi connectivity index (χ4n) is 1.41. The van der Waals surface area contributed by atoms with E-state index in [0.717, 1.165) is 22.6 Å². The Bertz CT molecular complexity index is 497. The zero-order valence-electron chi connectivity index (χ0n) is 8.69. The van der Waals surface area contributed by atoms with Crippen LogP contribution in [0.3, 0.4) is 0 Å². The first kappa shape index (κ1) is 9.53. The summed E-state index contributed by atoms with van der Waals surface area (Å²) < 4.78 is 6.85. The smallest absolute Gasteiger partial charge is 0.138 e. The highest BCUT2D eigenvalue weighted by atomic mass is 16.5. The first-order valence-electron chi connectivity index (χ1n) is 4.61. The van der Waals surface area contributed by atoms with E-state index in [2.05, 4.69) is 16.2 Å². The van der Waals surface area contributed by atoms with Gasteiger partial charge in [0.2, 0.25) is 0 Å². The van der Waals surface area contributed by atoms with E-state index >= 15 is 0 Å². The summed E-state index contributed by atoms with van der Waals surface area (Å²) in [6, 6.07) is 0. The van der Waals surface area contributed by atoms with E-state index in [-0.39, 0.29) is 0 Å². The molecule has 76 valence electrons. The van der Waals surface area contributed by atoms with Gasteiger partial charge >= 0.3 is 0 Å². The maximum atomic E-state index is 5.26. The normalized spacial score (nSPS) is 10.2. The van der Waals surface area contributed by atoms with Crippen molar-refractivity contribution in [2.45, 2.75) is 20.4 Å². The molecule has 2 heterocycles. The van der Waals surface area contributed by atoms with Crippen LogP contribution in [0, 0.1) is 26.2 Å². The van der Waals surface area contributed by atoms with Gasteiger partial charge in [-0.3, -0.25) is 4.68 Å². The molecule has 0 fully saturated rings. The van der Waals surface area contributed by atoms with Crippen LogP contribution in [0.1, 0.15) is 22.6 Å². The minimum atomic E-state index is 0.642. The van der Waals surface area contributed by atoms with Crippen molar-refractivity contribution in [1.29, 1.82) is 0 Å². The predicted octanol–water partition coefficient (Wildman–Crippen LogP) is 1.52. The van der Waals surface area contributed by atoms with Crippen molar-refractivity contribution < 1.29 is 4.52 Å². The predicted molar refractivity (Wildman–Crippen MR) is 55.2 cm³/mol. The van der Waals surface area contributed by atoms with Gasteiger partial charge in [-0.05, 0) is 13.8 Å². The van der Waals surface area contributed by atoms with Gasteiger partial charge in [0.15, 0.2) is 0 Å². The van der Waals surface area contributed by atoms with Crippen molar-refractivity contribution in [1.82, 2.24) is 14.9 Å². The molecule has 0 saturated heterocycles. The molecule has 0 spiro atoms. The molecule has 0 aliphatic rings. The Kier molecular flexibility index (Phi) is 2.30. The van der Waals surface area contributed by atoms with E-state index in [1.165, 1.54) is 0 Å². The second kappa shape index (κ2) is 3.62. The summed E-state index contributed by atoms with van der Waals surface area (Å²) in [5.41, 5.74) is 2.73. The molecular formula is C11H11N3O. The largest absolute Gasteiger partial charge is 0.361 e. The van der Waals surface area contributed by atoms with Crippen molar-refractivity contribution in [3.05, 3.63) is 35.0 Å². The van der Waals surface area contributed by atoms with Gasteiger partial charge in [0.1, 0.15) is 5.76 Å². The molecule has 0 bridgehead atoms. The number of hydrogen-bond acceptors (Lipinski definition) is 3. The van der Waals surface area contributed by atoms with E-state index in [1.54, 1.807) is 10.9 Å². The third kappa shape index (κ3) is 1.77. The average Bonchev–Trinajstić information content (AvgIpc) is 2.80. The zero-order valence-corrected chi connectivity index (χ0v) is 8.69. The Balaban J connectivity index is 2.26. The Morgan fingerprint density at radius 2 is 2.33 bits per heavy atom. The van der Waals surface area contributed by atoms with Gasteiger partial charge in [-0.1, -0.05) is 11.1 Å². The maximum absolute atomic E-state index is 5.26. The molecule has 0 unspecified atom stereocenters. The lowest BCUT2D eigenvalue weighted by Gasteiger charge is -1.99. The fourth-order valence-corrected chi connectivity index (χ4v) is 1.41. The molecule has 2 rings (SSSR count). The van der Waals surface area contributed by atoms with Crippen molar-refractivity contribution in [2.24, 2.45) is 0 Å². The third-order valence-electron chi connectivity index (χ3n) is 2.30. The maximum Gasteiger partial charge on any atom is 0.138 e. The van der Waals surface area contributed by atoms with Crippen molar-refractivity contribution in [3.63, 3.8) is 0 Å². The molecule has 0 radical (unpaired) electrons. The van der Waals surface area contributed by atoms with Crippen LogP contribution in [0.2, 0.25) is 0 Å². The molecule has 4 heteroatoms. The molecule has 0 aliphatic carbocycles. The van der Waals surface area contributed by atoms with E-state index in [9.17, 15) is 0 Å². The standard InChI is InChI=1S/C11H11N3O/c1-4-10-5-12-14(6-10)7-11-8(2)13-15-9(11)3/h1,5-6H,7H2,2-3H3. The van der Waals surface area contributed by atoms with Crippen LogP contribution in [0.4, 0.5) is 0 Å². The minimum absolute atomic E-state index is 0.642. The Hall–Kier alpha value is -2.02. The van der Waals surface area contributed by atoms with Gasteiger partial charge in [-0.15, -0.1) is 6.42 Å². The van der Waals surface area contributed by atoms with Crippen LogP contribution in [-0.4, -0.2) is 14.9 Å². The van der Waals surface area contributed by atoms with Crippen LogP contribution in [0.15, 0.2) is 16.9 Å². The molecule has 0 N–H and O–H groups in total. The monoisotopic (exact) mass is 201 g/mol. The van der Waals surface area contributed by atoms with E-state index in [4.69, 9.17) is 10.9 Å². The summed E-state index contributed by atoms with van der Waals surface area (Å²) in [6.45, 7) is 4.45. The van der Waals surface area contributed by atoms with Gasteiger partial charge in [0, 0.05) is 11.8 Å². The molecule has 2 aromatic heterocycles. The number of terminal acetylenes is 1. The quantitative estimate of drug-likeness (QED) is 0.692. The molecule has 0 atom stereocenters. The second-order valence-electron chi connectivity index (χ2n) is 3.37. The minimum Gasteiger partial charge on any atom is -0.361 e. The van der Waals surface area contributed by atoms with Gasteiger partial charge in [-0.25, -0.2) is 0 Å². The summed E-state index contributed by atoms with van der Waals surface area (Å²) in [5, 5.41) is 8.03. The van der Waals surface area contributed by atoms with Gasteiger partial charge in [-0.2, -0.15) is 5.10 Å². The summed E-state index contributed by atoms with van der Waals surface area (Å²) in [5.74, 6) is 3.36. The molecule has 4 nitrogen and oxygen atoms in total. The number of aryl methyl sites for hydroxylation is 2. The summed E-state index contributed by atoms with van der Waals surface area (Å²) in [4.78, 5) is 0. The first-order chi connectivity index (χ1) is 7.20. The fraction of sp³-hybridized carbons (Fsp3) is 0.273. The van der Waals surface area contributed by atoms with Crippen molar-refractivity contribution in [3.8, 4) is 12.3 Å². The van der Waals surface area contributed by atoms with Crippen molar-refractivity contribution >= 4 is 0 Å². The van der Waals surface area contributed by atoms with Crippen molar-refractivity contribution in [2.75, 3.05) is 0 Å². The number of hydrogen-bond donors (Lipinski definition) is 0. The Labute approximate surface area is 87.9 Å².